The summed E-state index contributed by atoms with van der Waals surface area (Å²) in [6.07, 6.45) is 2.09. The molecule has 0 saturated carbocycles. The first-order chi connectivity index (χ1) is 11.6. The number of ether oxygens (including phenoxy) is 2. The summed E-state index contributed by atoms with van der Waals surface area (Å²) < 4.78 is 11.3. The Balaban J connectivity index is 2.46. The van der Waals surface area contributed by atoms with E-state index in [1.165, 1.54) is 0 Å². The van der Waals surface area contributed by atoms with Gasteiger partial charge in [0.25, 0.3) is 0 Å². The maximum absolute atomic E-state index is 9.39. The molecule has 0 atom stereocenters. The molecule has 2 rings (SSSR count). The van der Waals surface area contributed by atoms with Gasteiger partial charge in [-0.3, -0.25) is 4.98 Å². The lowest BCUT2D eigenvalue weighted by Gasteiger charge is -2.16. The van der Waals surface area contributed by atoms with Crippen LogP contribution in [0.3, 0.4) is 0 Å². The first kappa shape index (κ1) is 18.2. The quantitative estimate of drug-likeness (QED) is 0.727. The van der Waals surface area contributed by atoms with Crippen LogP contribution in [-0.4, -0.2) is 28.9 Å². The van der Waals surface area contributed by atoms with E-state index in [0.29, 0.717) is 23.7 Å². The highest BCUT2D eigenvalue weighted by molar-refractivity contribution is 5.75. The summed E-state index contributed by atoms with van der Waals surface area (Å²) in [6.45, 7) is 4.43. The topological polar surface area (TPSA) is 71.8 Å². The predicted molar refractivity (Wildman–Crippen MR) is 93.2 cm³/mol. The van der Waals surface area contributed by atoms with Crippen LogP contribution in [0.2, 0.25) is 0 Å². The Morgan fingerprint density at radius 1 is 1.04 bits per heavy atom. The van der Waals surface area contributed by atoms with Crippen LogP contribution in [0, 0.1) is 6.92 Å². The molecule has 130 valence electrons. The lowest BCUT2D eigenvalue weighted by molar-refractivity contribution is 0.265. The number of hydrogen-bond donors (Lipinski definition) is 2. The molecule has 0 unspecified atom stereocenters. The molecule has 0 radical (unpaired) electrons. The molecular weight excluding hydrogens is 306 g/mol. The minimum atomic E-state index is -0.180. The van der Waals surface area contributed by atoms with E-state index in [-0.39, 0.29) is 13.2 Å². The van der Waals surface area contributed by atoms with Gasteiger partial charge < -0.3 is 19.7 Å². The third-order valence-electron chi connectivity index (χ3n) is 3.80. The van der Waals surface area contributed by atoms with Crippen molar-refractivity contribution in [3.8, 4) is 22.6 Å². The van der Waals surface area contributed by atoms with Gasteiger partial charge in [-0.2, -0.15) is 0 Å². The zero-order valence-corrected chi connectivity index (χ0v) is 14.5. The predicted octanol–water partition coefficient (Wildman–Crippen LogP) is 3.23. The van der Waals surface area contributed by atoms with Crippen LogP contribution in [0.5, 0.6) is 11.5 Å². The minimum Gasteiger partial charge on any atom is -0.496 e. The number of pyridine rings is 1. The van der Waals surface area contributed by atoms with Crippen LogP contribution >= 0.6 is 0 Å². The maximum Gasteiger partial charge on any atom is 0.130 e. The highest BCUT2D eigenvalue weighted by Gasteiger charge is 2.14. The number of hydrogen-bond acceptors (Lipinski definition) is 5. The van der Waals surface area contributed by atoms with Gasteiger partial charge in [0.15, 0.2) is 0 Å². The van der Waals surface area contributed by atoms with Crippen LogP contribution in [0.4, 0.5) is 0 Å². The molecule has 0 spiro atoms. The van der Waals surface area contributed by atoms with Crippen LogP contribution < -0.4 is 9.47 Å². The Kier molecular flexibility index (Phi) is 6.58. The van der Waals surface area contributed by atoms with Crippen LogP contribution in [0.15, 0.2) is 24.3 Å². The standard InChI is InChI=1S/C19H25NO4/c1-4-5-6-24-17-7-13(2)19(18(10-17)23-3)14-8-15(11-21)20-16(9-14)12-22/h7-10,21-22H,4-6,11-12H2,1-3H3. The number of nitrogens with zero attached hydrogens (tertiary/aromatic N) is 1. The molecule has 1 aromatic heterocycles. The zero-order valence-electron chi connectivity index (χ0n) is 14.5. The molecule has 24 heavy (non-hydrogen) atoms. The highest BCUT2D eigenvalue weighted by atomic mass is 16.5. The summed E-state index contributed by atoms with van der Waals surface area (Å²) in [5.41, 5.74) is 3.79. The van der Waals surface area contributed by atoms with Gasteiger partial charge in [0.2, 0.25) is 0 Å². The largest absolute Gasteiger partial charge is 0.496 e. The van der Waals surface area contributed by atoms with Crippen molar-refractivity contribution < 1.29 is 19.7 Å². The van der Waals surface area contributed by atoms with Gasteiger partial charge in [-0.05, 0) is 42.7 Å². The number of aliphatic hydroxyl groups is 2. The van der Waals surface area contributed by atoms with E-state index < -0.39 is 0 Å². The van der Waals surface area contributed by atoms with Gasteiger partial charge >= 0.3 is 0 Å². The van der Waals surface area contributed by atoms with Gasteiger partial charge in [-0.15, -0.1) is 0 Å². The average Bonchev–Trinajstić information content (AvgIpc) is 2.60. The molecule has 5 heteroatoms. The average molecular weight is 331 g/mol. The number of aryl methyl sites for hydroxylation is 1. The summed E-state index contributed by atoms with van der Waals surface area (Å²) >= 11 is 0. The fourth-order valence-electron chi connectivity index (χ4n) is 2.63. The van der Waals surface area contributed by atoms with E-state index in [9.17, 15) is 10.2 Å². The van der Waals surface area contributed by atoms with Gasteiger partial charge in [0.1, 0.15) is 11.5 Å². The fourth-order valence-corrected chi connectivity index (χ4v) is 2.63. The van der Waals surface area contributed by atoms with Crippen molar-refractivity contribution in [1.29, 1.82) is 0 Å². The molecule has 0 aliphatic heterocycles. The molecule has 0 fully saturated rings. The minimum absolute atomic E-state index is 0.180. The van der Waals surface area contributed by atoms with E-state index in [1.54, 1.807) is 7.11 Å². The summed E-state index contributed by atoms with van der Waals surface area (Å²) in [7, 11) is 1.62. The Morgan fingerprint density at radius 3 is 2.25 bits per heavy atom. The van der Waals surface area contributed by atoms with E-state index >= 15 is 0 Å². The molecule has 1 aromatic carbocycles. The number of methoxy groups -OCH3 is 1. The van der Waals surface area contributed by atoms with E-state index in [2.05, 4.69) is 11.9 Å². The van der Waals surface area contributed by atoms with Crippen molar-refractivity contribution in [2.24, 2.45) is 0 Å². The van der Waals surface area contributed by atoms with Crippen molar-refractivity contribution >= 4 is 0 Å². The van der Waals surface area contributed by atoms with E-state index in [0.717, 1.165) is 35.3 Å². The number of unbranched alkanes of at least 4 members (excludes halogenated alkanes) is 1. The Bertz CT molecular complexity index is 663. The maximum atomic E-state index is 9.39. The Hall–Kier alpha value is -2.11. The smallest absolute Gasteiger partial charge is 0.130 e. The van der Waals surface area contributed by atoms with Crippen LogP contribution in [0.25, 0.3) is 11.1 Å². The molecule has 2 N–H and O–H groups in total. The van der Waals surface area contributed by atoms with Crippen molar-refractivity contribution in [3.05, 3.63) is 41.2 Å². The molecule has 0 bridgehead atoms. The molecule has 2 aromatic rings. The van der Waals surface area contributed by atoms with Gasteiger partial charge in [0, 0.05) is 11.6 Å². The van der Waals surface area contributed by atoms with Gasteiger partial charge in [0.05, 0.1) is 38.3 Å². The van der Waals surface area contributed by atoms with Crippen molar-refractivity contribution in [3.63, 3.8) is 0 Å². The van der Waals surface area contributed by atoms with Crippen LogP contribution in [0.1, 0.15) is 36.7 Å². The zero-order chi connectivity index (χ0) is 17.5. The summed E-state index contributed by atoms with van der Waals surface area (Å²) in [4.78, 5) is 4.18. The molecule has 0 amide bonds. The first-order valence-electron chi connectivity index (χ1n) is 8.16. The monoisotopic (exact) mass is 331 g/mol. The highest BCUT2D eigenvalue weighted by Crippen LogP contribution is 2.37. The summed E-state index contributed by atoms with van der Waals surface area (Å²) in [6, 6.07) is 7.46. The molecule has 5 nitrogen and oxygen atoms in total. The van der Waals surface area contributed by atoms with E-state index in [4.69, 9.17) is 9.47 Å². The van der Waals surface area contributed by atoms with Crippen molar-refractivity contribution in [2.75, 3.05) is 13.7 Å². The second kappa shape index (κ2) is 8.66. The van der Waals surface area contributed by atoms with Crippen molar-refractivity contribution in [2.45, 2.75) is 39.9 Å². The number of rotatable bonds is 8. The van der Waals surface area contributed by atoms with Crippen molar-refractivity contribution in [1.82, 2.24) is 4.98 Å². The fraction of sp³-hybridized carbons (Fsp3) is 0.421. The van der Waals surface area contributed by atoms with E-state index in [1.807, 2.05) is 31.2 Å². The third-order valence-corrected chi connectivity index (χ3v) is 3.80. The number of aliphatic hydroxyl groups excluding tert-OH is 2. The lowest BCUT2D eigenvalue weighted by atomic mass is 9.98. The van der Waals surface area contributed by atoms with Gasteiger partial charge in [-0.1, -0.05) is 13.3 Å². The molecular formula is C19H25NO4. The lowest BCUT2D eigenvalue weighted by Crippen LogP contribution is -2.01. The SMILES string of the molecule is CCCCOc1cc(C)c(-c2cc(CO)nc(CO)c2)c(OC)c1. The summed E-state index contributed by atoms with van der Waals surface area (Å²) in [5, 5.41) is 18.8. The molecule has 1 heterocycles. The third kappa shape index (κ3) is 4.24. The summed E-state index contributed by atoms with van der Waals surface area (Å²) in [5.74, 6) is 1.47. The molecule has 0 saturated heterocycles. The first-order valence-corrected chi connectivity index (χ1v) is 8.16. The second-order valence-corrected chi connectivity index (χ2v) is 5.67. The normalized spacial score (nSPS) is 10.7. The second-order valence-electron chi connectivity index (χ2n) is 5.67. The van der Waals surface area contributed by atoms with Crippen LogP contribution in [-0.2, 0) is 13.2 Å². The molecule has 0 aliphatic carbocycles. The molecule has 0 aliphatic rings. The number of aromatic nitrogens is 1. The number of benzene rings is 1. The Labute approximate surface area is 142 Å². The Morgan fingerprint density at radius 2 is 1.71 bits per heavy atom. The van der Waals surface area contributed by atoms with Gasteiger partial charge in [-0.25, -0.2) is 0 Å².